The van der Waals surface area contributed by atoms with Crippen molar-refractivity contribution in [1.29, 1.82) is 0 Å². The third-order valence-corrected chi connectivity index (χ3v) is 3.53. The zero-order valence-corrected chi connectivity index (χ0v) is 12.9. The van der Waals surface area contributed by atoms with Gasteiger partial charge in [0.05, 0.1) is 11.6 Å². The fraction of sp³-hybridized carbons (Fsp3) is 0.188. The van der Waals surface area contributed by atoms with Crippen molar-refractivity contribution in [1.82, 2.24) is 15.3 Å². The van der Waals surface area contributed by atoms with Gasteiger partial charge in [-0.2, -0.15) is 0 Å². The number of benzene rings is 1. The molecule has 0 fully saturated rings. The predicted molar refractivity (Wildman–Crippen MR) is 84.5 cm³/mol. The second-order valence-corrected chi connectivity index (χ2v) is 5.43. The van der Waals surface area contributed by atoms with E-state index in [-0.39, 0.29) is 11.9 Å². The molecule has 1 aromatic carbocycles. The lowest BCUT2D eigenvalue weighted by Gasteiger charge is -2.12. The first-order valence-corrected chi connectivity index (χ1v) is 7.20. The van der Waals surface area contributed by atoms with Crippen LogP contribution in [-0.2, 0) is 4.79 Å². The topological polar surface area (TPSA) is 68.0 Å². The van der Waals surface area contributed by atoms with Crippen molar-refractivity contribution in [3.05, 3.63) is 47.2 Å². The summed E-state index contributed by atoms with van der Waals surface area (Å²) in [6.07, 6.45) is 1.62. The molecule has 0 aliphatic carbocycles. The lowest BCUT2D eigenvalue weighted by molar-refractivity contribution is -0.119. The number of carbonyl (C=O) groups is 1. The number of hydrogen-bond acceptors (Lipinski definition) is 4. The number of halogens is 1. The summed E-state index contributed by atoms with van der Waals surface area (Å²) in [4.78, 5) is 19.6. The first kappa shape index (κ1) is 14.5. The molecular formula is C16H14ClN3O2. The Morgan fingerprint density at radius 3 is 2.82 bits per heavy atom. The van der Waals surface area contributed by atoms with Crippen molar-refractivity contribution in [2.45, 2.75) is 19.9 Å². The molecule has 2 heterocycles. The molecule has 0 aliphatic rings. The summed E-state index contributed by atoms with van der Waals surface area (Å²) in [7, 11) is 0. The van der Waals surface area contributed by atoms with Crippen LogP contribution in [0.5, 0.6) is 0 Å². The van der Waals surface area contributed by atoms with Crippen LogP contribution in [0.1, 0.15) is 25.5 Å². The van der Waals surface area contributed by atoms with Gasteiger partial charge in [0.1, 0.15) is 10.7 Å². The number of oxazole rings is 1. The Morgan fingerprint density at radius 1 is 1.32 bits per heavy atom. The van der Waals surface area contributed by atoms with Crippen LogP contribution < -0.4 is 5.32 Å². The highest BCUT2D eigenvalue weighted by Gasteiger charge is 2.12. The zero-order valence-electron chi connectivity index (χ0n) is 12.1. The molecule has 6 heteroatoms. The van der Waals surface area contributed by atoms with Gasteiger partial charge in [-0.1, -0.05) is 17.7 Å². The van der Waals surface area contributed by atoms with Crippen LogP contribution in [0.25, 0.3) is 22.6 Å². The minimum atomic E-state index is -0.0901. The van der Waals surface area contributed by atoms with Crippen molar-refractivity contribution in [2.24, 2.45) is 0 Å². The average molecular weight is 316 g/mol. The molecule has 112 valence electrons. The van der Waals surface area contributed by atoms with E-state index in [4.69, 9.17) is 16.0 Å². The number of carbonyl (C=O) groups excluding carboxylic acids is 1. The largest absolute Gasteiger partial charge is 0.436 e. The minimum Gasteiger partial charge on any atom is -0.436 e. The number of nitrogens with zero attached hydrogens (tertiary/aromatic N) is 2. The Morgan fingerprint density at radius 2 is 2.14 bits per heavy atom. The third kappa shape index (κ3) is 2.94. The minimum absolute atomic E-state index is 0.0712. The Balaban J connectivity index is 1.96. The Kier molecular flexibility index (Phi) is 3.81. The molecule has 1 atom stereocenters. The molecule has 2 aromatic heterocycles. The van der Waals surface area contributed by atoms with Crippen LogP contribution in [-0.4, -0.2) is 15.9 Å². The van der Waals surface area contributed by atoms with E-state index in [0.717, 1.165) is 16.6 Å². The Hall–Kier alpha value is -2.40. The summed E-state index contributed by atoms with van der Waals surface area (Å²) < 4.78 is 5.78. The van der Waals surface area contributed by atoms with E-state index in [1.807, 2.05) is 25.1 Å². The lowest BCUT2D eigenvalue weighted by atomic mass is 10.1. The molecular weight excluding hydrogens is 302 g/mol. The Bertz CT molecular complexity index is 827. The van der Waals surface area contributed by atoms with E-state index in [0.29, 0.717) is 16.6 Å². The molecule has 0 radical (unpaired) electrons. The molecule has 0 saturated carbocycles. The fourth-order valence-electron chi connectivity index (χ4n) is 2.22. The van der Waals surface area contributed by atoms with Crippen LogP contribution in [0.2, 0.25) is 5.15 Å². The molecule has 0 bridgehead atoms. The van der Waals surface area contributed by atoms with Gasteiger partial charge in [0.2, 0.25) is 11.8 Å². The second-order valence-electron chi connectivity index (χ2n) is 5.04. The van der Waals surface area contributed by atoms with Crippen LogP contribution >= 0.6 is 11.6 Å². The molecule has 22 heavy (non-hydrogen) atoms. The van der Waals surface area contributed by atoms with Crippen LogP contribution in [0, 0.1) is 0 Å². The van der Waals surface area contributed by atoms with Gasteiger partial charge in [0, 0.05) is 13.1 Å². The van der Waals surface area contributed by atoms with E-state index in [1.54, 1.807) is 18.3 Å². The highest BCUT2D eigenvalue weighted by molar-refractivity contribution is 6.29. The number of nitrogens with one attached hydrogen (secondary N) is 1. The van der Waals surface area contributed by atoms with Crippen LogP contribution in [0.4, 0.5) is 0 Å². The van der Waals surface area contributed by atoms with Crippen molar-refractivity contribution in [3.8, 4) is 11.5 Å². The van der Waals surface area contributed by atoms with E-state index >= 15 is 0 Å². The standard InChI is InChI=1S/C16H14ClN3O2/c1-9(19-10(2)21)11-3-5-13-14(7-11)22-16(20-13)12-4-6-15(17)18-8-12/h3-9H,1-2H3,(H,19,21)/t9-/m0/s1. The average Bonchev–Trinajstić information content (AvgIpc) is 2.90. The van der Waals surface area contributed by atoms with Gasteiger partial charge >= 0.3 is 0 Å². The van der Waals surface area contributed by atoms with Crippen LogP contribution in [0.15, 0.2) is 40.9 Å². The summed E-state index contributed by atoms with van der Waals surface area (Å²) in [5, 5.41) is 3.27. The monoisotopic (exact) mass is 315 g/mol. The van der Waals surface area contributed by atoms with Gasteiger partial charge in [0.25, 0.3) is 0 Å². The summed E-state index contributed by atoms with van der Waals surface area (Å²) >= 11 is 5.78. The maximum absolute atomic E-state index is 11.1. The highest BCUT2D eigenvalue weighted by atomic mass is 35.5. The summed E-state index contributed by atoms with van der Waals surface area (Å²) in [6.45, 7) is 3.41. The number of hydrogen-bond donors (Lipinski definition) is 1. The number of pyridine rings is 1. The SMILES string of the molecule is CC(=O)N[C@@H](C)c1ccc2nc(-c3ccc(Cl)nc3)oc2c1. The third-order valence-electron chi connectivity index (χ3n) is 3.31. The molecule has 5 nitrogen and oxygen atoms in total. The van der Waals surface area contributed by atoms with Crippen molar-refractivity contribution >= 4 is 28.6 Å². The van der Waals surface area contributed by atoms with Crippen molar-refractivity contribution < 1.29 is 9.21 Å². The maximum Gasteiger partial charge on any atom is 0.228 e. The van der Waals surface area contributed by atoms with Gasteiger partial charge in [-0.25, -0.2) is 9.97 Å². The number of aromatic nitrogens is 2. The predicted octanol–water partition coefficient (Wildman–Crippen LogP) is 3.74. The van der Waals surface area contributed by atoms with Crippen LogP contribution in [0.3, 0.4) is 0 Å². The number of fused-ring (bicyclic) bond motifs is 1. The van der Waals surface area contributed by atoms with Crippen molar-refractivity contribution in [3.63, 3.8) is 0 Å². The number of rotatable bonds is 3. The molecule has 1 N–H and O–H groups in total. The molecule has 0 saturated heterocycles. The summed E-state index contributed by atoms with van der Waals surface area (Å²) in [6, 6.07) is 9.09. The van der Waals surface area contributed by atoms with E-state index in [1.165, 1.54) is 6.92 Å². The van der Waals surface area contributed by atoms with Crippen molar-refractivity contribution in [2.75, 3.05) is 0 Å². The quantitative estimate of drug-likeness (QED) is 0.748. The lowest BCUT2D eigenvalue weighted by Crippen LogP contribution is -2.23. The summed E-state index contributed by atoms with van der Waals surface area (Å²) in [5.41, 5.74) is 3.14. The fourth-order valence-corrected chi connectivity index (χ4v) is 2.34. The molecule has 3 rings (SSSR count). The second kappa shape index (κ2) is 5.77. The molecule has 3 aromatic rings. The first-order valence-electron chi connectivity index (χ1n) is 6.82. The van der Waals surface area contributed by atoms with E-state index in [2.05, 4.69) is 15.3 Å². The normalized spacial score (nSPS) is 12.3. The number of amides is 1. The maximum atomic E-state index is 11.1. The van der Waals surface area contributed by atoms with Gasteiger partial charge in [-0.15, -0.1) is 0 Å². The molecule has 1 amide bonds. The van der Waals surface area contributed by atoms with Gasteiger partial charge < -0.3 is 9.73 Å². The van der Waals surface area contributed by atoms with Gasteiger partial charge in [-0.05, 0) is 36.8 Å². The van der Waals surface area contributed by atoms with Gasteiger partial charge in [0.15, 0.2) is 5.58 Å². The van der Waals surface area contributed by atoms with E-state index < -0.39 is 0 Å². The summed E-state index contributed by atoms with van der Waals surface area (Å²) in [5.74, 6) is 0.418. The Labute approximate surface area is 132 Å². The highest BCUT2D eigenvalue weighted by Crippen LogP contribution is 2.26. The van der Waals surface area contributed by atoms with E-state index in [9.17, 15) is 4.79 Å². The first-order chi connectivity index (χ1) is 10.5. The zero-order chi connectivity index (χ0) is 15.7. The molecule has 0 spiro atoms. The smallest absolute Gasteiger partial charge is 0.228 e. The molecule has 0 aliphatic heterocycles. The van der Waals surface area contributed by atoms with Gasteiger partial charge in [-0.3, -0.25) is 4.79 Å². The molecule has 0 unspecified atom stereocenters.